The number of anilines is 1. The number of rotatable bonds is 10. The second kappa shape index (κ2) is 12.2. The molecule has 0 aromatic heterocycles. The van der Waals surface area contributed by atoms with Crippen molar-refractivity contribution in [2.75, 3.05) is 25.5 Å². The SMILES string of the molecule is COc1ccc(NCCNC(=O)C(CC2CCCCC2)NC(=O)c2ccc(F)c(F)c2)cc1. The molecule has 1 fully saturated rings. The third kappa shape index (κ3) is 7.44. The van der Waals surface area contributed by atoms with E-state index < -0.39 is 23.6 Å². The third-order valence-electron chi connectivity index (χ3n) is 5.94. The maximum absolute atomic E-state index is 13.5. The summed E-state index contributed by atoms with van der Waals surface area (Å²) in [7, 11) is 1.60. The van der Waals surface area contributed by atoms with Gasteiger partial charge in [0.2, 0.25) is 5.91 Å². The normalized spacial score (nSPS) is 14.9. The molecule has 1 unspecified atom stereocenters. The van der Waals surface area contributed by atoms with Gasteiger partial charge >= 0.3 is 0 Å². The van der Waals surface area contributed by atoms with Gasteiger partial charge in [-0.05, 0) is 54.8 Å². The van der Waals surface area contributed by atoms with Crippen LogP contribution in [0, 0.1) is 17.6 Å². The van der Waals surface area contributed by atoms with Crippen molar-refractivity contribution in [2.24, 2.45) is 5.92 Å². The number of nitrogens with one attached hydrogen (secondary N) is 3. The average molecular weight is 460 g/mol. The van der Waals surface area contributed by atoms with Crippen LogP contribution >= 0.6 is 0 Å². The van der Waals surface area contributed by atoms with Crippen LogP contribution in [0.25, 0.3) is 0 Å². The summed E-state index contributed by atoms with van der Waals surface area (Å²) < 4.78 is 31.9. The molecule has 0 bridgehead atoms. The molecule has 0 aliphatic heterocycles. The standard InChI is InChI=1S/C25H31F2N3O3/c1-33-20-10-8-19(9-11-20)28-13-14-29-25(32)23(15-17-5-3-2-4-6-17)30-24(31)18-7-12-21(26)22(27)16-18/h7-12,16-17,23,28H,2-6,13-15H2,1H3,(H,29,32)(H,30,31). The maximum Gasteiger partial charge on any atom is 0.252 e. The van der Waals surface area contributed by atoms with E-state index in [1.165, 1.54) is 12.5 Å². The predicted molar refractivity (Wildman–Crippen MR) is 123 cm³/mol. The number of methoxy groups -OCH3 is 1. The van der Waals surface area contributed by atoms with Crippen LogP contribution in [0.1, 0.15) is 48.9 Å². The molecule has 1 aliphatic rings. The van der Waals surface area contributed by atoms with Crippen LogP contribution in [-0.2, 0) is 4.79 Å². The van der Waals surface area contributed by atoms with Gasteiger partial charge in [-0.15, -0.1) is 0 Å². The van der Waals surface area contributed by atoms with Crippen molar-refractivity contribution in [1.29, 1.82) is 0 Å². The molecule has 1 saturated carbocycles. The Labute approximate surface area is 193 Å². The van der Waals surface area contributed by atoms with E-state index in [2.05, 4.69) is 16.0 Å². The first-order chi connectivity index (χ1) is 16.0. The van der Waals surface area contributed by atoms with Crippen LogP contribution in [-0.4, -0.2) is 38.1 Å². The van der Waals surface area contributed by atoms with Crippen LogP contribution in [0.5, 0.6) is 5.75 Å². The number of amides is 2. The lowest BCUT2D eigenvalue weighted by Gasteiger charge is -2.26. The van der Waals surface area contributed by atoms with E-state index in [4.69, 9.17) is 4.74 Å². The summed E-state index contributed by atoms with van der Waals surface area (Å²) in [6.45, 7) is 0.873. The predicted octanol–water partition coefficient (Wildman–Crippen LogP) is 4.27. The van der Waals surface area contributed by atoms with Gasteiger partial charge < -0.3 is 20.7 Å². The molecule has 2 aromatic carbocycles. The van der Waals surface area contributed by atoms with E-state index in [-0.39, 0.29) is 11.5 Å². The fourth-order valence-electron chi connectivity index (χ4n) is 4.09. The molecule has 178 valence electrons. The summed E-state index contributed by atoms with van der Waals surface area (Å²) in [6.07, 6.45) is 5.97. The molecule has 1 aliphatic carbocycles. The highest BCUT2D eigenvalue weighted by atomic mass is 19.2. The molecular weight excluding hydrogens is 428 g/mol. The average Bonchev–Trinajstić information content (AvgIpc) is 2.84. The summed E-state index contributed by atoms with van der Waals surface area (Å²) in [5.74, 6) is -1.89. The Kier molecular flexibility index (Phi) is 9.04. The van der Waals surface area contributed by atoms with E-state index >= 15 is 0 Å². The number of hydrogen-bond donors (Lipinski definition) is 3. The van der Waals surface area contributed by atoms with E-state index in [0.29, 0.717) is 25.4 Å². The van der Waals surface area contributed by atoms with Crippen molar-refractivity contribution in [3.05, 3.63) is 59.7 Å². The summed E-state index contributed by atoms with van der Waals surface area (Å²) in [6, 6.07) is 9.68. The minimum atomic E-state index is -1.10. The zero-order valence-corrected chi connectivity index (χ0v) is 18.8. The van der Waals surface area contributed by atoms with Gasteiger partial charge in [-0.25, -0.2) is 8.78 Å². The summed E-state index contributed by atoms with van der Waals surface area (Å²) in [4.78, 5) is 25.5. The first-order valence-corrected chi connectivity index (χ1v) is 11.4. The molecule has 3 rings (SSSR count). The highest BCUT2D eigenvalue weighted by Gasteiger charge is 2.26. The molecule has 6 nitrogen and oxygen atoms in total. The Morgan fingerprint density at radius 1 is 1.00 bits per heavy atom. The molecule has 0 radical (unpaired) electrons. The van der Waals surface area contributed by atoms with Crippen molar-refractivity contribution in [2.45, 2.75) is 44.6 Å². The summed E-state index contributed by atoms with van der Waals surface area (Å²) >= 11 is 0. The molecule has 0 spiro atoms. The number of carbonyl (C=O) groups is 2. The summed E-state index contributed by atoms with van der Waals surface area (Å²) in [5, 5.41) is 8.81. The molecule has 33 heavy (non-hydrogen) atoms. The Morgan fingerprint density at radius 2 is 1.73 bits per heavy atom. The molecular formula is C25H31F2N3O3. The maximum atomic E-state index is 13.5. The lowest BCUT2D eigenvalue weighted by atomic mass is 9.84. The summed E-state index contributed by atoms with van der Waals surface area (Å²) in [5.41, 5.74) is 0.881. The lowest BCUT2D eigenvalue weighted by molar-refractivity contribution is -0.123. The van der Waals surface area contributed by atoms with Gasteiger partial charge in [0.1, 0.15) is 11.8 Å². The zero-order chi connectivity index (χ0) is 23.6. The highest BCUT2D eigenvalue weighted by molar-refractivity contribution is 5.97. The van der Waals surface area contributed by atoms with Gasteiger partial charge in [0.15, 0.2) is 11.6 Å². The Bertz CT molecular complexity index is 931. The van der Waals surface area contributed by atoms with Gasteiger partial charge in [0, 0.05) is 24.3 Å². The van der Waals surface area contributed by atoms with Gasteiger partial charge in [-0.2, -0.15) is 0 Å². The zero-order valence-electron chi connectivity index (χ0n) is 18.8. The van der Waals surface area contributed by atoms with Crippen molar-refractivity contribution in [3.63, 3.8) is 0 Å². The smallest absolute Gasteiger partial charge is 0.252 e. The topological polar surface area (TPSA) is 79.5 Å². The molecule has 8 heteroatoms. The second-order valence-corrected chi connectivity index (χ2v) is 8.34. The van der Waals surface area contributed by atoms with Gasteiger partial charge in [0.25, 0.3) is 5.91 Å². The lowest BCUT2D eigenvalue weighted by Crippen LogP contribution is -2.48. The van der Waals surface area contributed by atoms with Gasteiger partial charge in [-0.1, -0.05) is 32.1 Å². The van der Waals surface area contributed by atoms with Gasteiger partial charge in [-0.3, -0.25) is 9.59 Å². The van der Waals surface area contributed by atoms with Crippen LogP contribution in [0.3, 0.4) is 0 Å². The van der Waals surface area contributed by atoms with Crippen molar-refractivity contribution < 1.29 is 23.1 Å². The van der Waals surface area contributed by atoms with E-state index in [1.807, 2.05) is 24.3 Å². The first-order valence-electron chi connectivity index (χ1n) is 11.4. The first kappa shape index (κ1) is 24.5. The second-order valence-electron chi connectivity index (χ2n) is 8.34. The fourth-order valence-corrected chi connectivity index (χ4v) is 4.09. The molecule has 0 saturated heterocycles. The van der Waals surface area contributed by atoms with Gasteiger partial charge in [0.05, 0.1) is 7.11 Å². The number of ether oxygens (including phenoxy) is 1. The molecule has 2 amide bonds. The Morgan fingerprint density at radius 3 is 2.39 bits per heavy atom. The molecule has 3 N–H and O–H groups in total. The number of benzene rings is 2. The van der Waals surface area contributed by atoms with E-state index in [1.54, 1.807) is 7.11 Å². The number of halogens is 2. The van der Waals surface area contributed by atoms with Crippen LogP contribution in [0.4, 0.5) is 14.5 Å². The van der Waals surface area contributed by atoms with Crippen LogP contribution in [0.15, 0.2) is 42.5 Å². The largest absolute Gasteiger partial charge is 0.497 e. The third-order valence-corrected chi connectivity index (χ3v) is 5.94. The highest BCUT2D eigenvalue weighted by Crippen LogP contribution is 2.27. The Hall–Kier alpha value is -3.16. The van der Waals surface area contributed by atoms with Crippen LogP contribution in [0.2, 0.25) is 0 Å². The molecule has 0 heterocycles. The van der Waals surface area contributed by atoms with Crippen LogP contribution < -0.4 is 20.7 Å². The fraction of sp³-hybridized carbons (Fsp3) is 0.440. The number of carbonyl (C=O) groups excluding carboxylic acids is 2. The molecule has 1 atom stereocenters. The van der Waals surface area contributed by atoms with E-state index in [9.17, 15) is 18.4 Å². The van der Waals surface area contributed by atoms with Crippen molar-refractivity contribution >= 4 is 17.5 Å². The quantitative estimate of drug-likeness (QED) is 0.464. The Balaban J connectivity index is 1.56. The van der Waals surface area contributed by atoms with E-state index in [0.717, 1.165) is 49.3 Å². The monoisotopic (exact) mass is 459 g/mol. The van der Waals surface area contributed by atoms with Crippen molar-refractivity contribution in [1.82, 2.24) is 10.6 Å². The minimum absolute atomic E-state index is 0.0171. The van der Waals surface area contributed by atoms with Crippen molar-refractivity contribution in [3.8, 4) is 5.75 Å². The minimum Gasteiger partial charge on any atom is -0.497 e. The molecule has 2 aromatic rings. The number of hydrogen-bond acceptors (Lipinski definition) is 4.